The lowest BCUT2D eigenvalue weighted by Gasteiger charge is -2.15. The van der Waals surface area contributed by atoms with E-state index in [1.807, 2.05) is 12.1 Å². The van der Waals surface area contributed by atoms with Crippen molar-refractivity contribution in [2.75, 3.05) is 26.2 Å². The highest BCUT2D eigenvalue weighted by molar-refractivity contribution is 6.30. The molecule has 1 N–H and O–H groups in total. The first-order valence-corrected chi connectivity index (χ1v) is 6.23. The van der Waals surface area contributed by atoms with Crippen LogP contribution in [0, 0.1) is 5.92 Å². The van der Waals surface area contributed by atoms with E-state index in [1.54, 1.807) is 0 Å². The third-order valence-electron chi connectivity index (χ3n) is 3.26. The standard InChI is InChI=1S/C13H18ClNO/c14-13-3-1-11(2-4-13)5-7-15-8-6-12(9-15)10-16/h1-4,12,16H,5-10H2. The fraction of sp³-hybridized carbons (Fsp3) is 0.538. The minimum atomic E-state index is 0.331. The van der Waals surface area contributed by atoms with Crippen molar-refractivity contribution in [1.82, 2.24) is 4.90 Å². The molecule has 3 heteroatoms. The summed E-state index contributed by atoms with van der Waals surface area (Å²) in [6.07, 6.45) is 2.20. The van der Waals surface area contributed by atoms with Gasteiger partial charge in [-0.05, 0) is 43.0 Å². The molecule has 1 heterocycles. The Morgan fingerprint density at radius 2 is 2.06 bits per heavy atom. The number of likely N-dealkylation sites (tertiary alicyclic amines) is 1. The van der Waals surface area contributed by atoms with Gasteiger partial charge >= 0.3 is 0 Å². The van der Waals surface area contributed by atoms with Crippen LogP contribution in [0.5, 0.6) is 0 Å². The van der Waals surface area contributed by atoms with Crippen LogP contribution in [0.2, 0.25) is 5.02 Å². The molecule has 0 amide bonds. The van der Waals surface area contributed by atoms with Crippen molar-refractivity contribution in [2.24, 2.45) is 5.92 Å². The summed E-state index contributed by atoms with van der Waals surface area (Å²) in [5.74, 6) is 0.491. The van der Waals surface area contributed by atoms with Gasteiger partial charge in [-0.1, -0.05) is 23.7 Å². The van der Waals surface area contributed by atoms with Gasteiger partial charge in [0.2, 0.25) is 0 Å². The quantitative estimate of drug-likeness (QED) is 0.871. The van der Waals surface area contributed by atoms with Gasteiger partial charge in [0.1, 0.15) is 0 Å². The Balaban J connectivity index is 1.77. The molecule has 0 saturated carbocycles. The van der Waals surface area contributed by atoms with Crippen molar-refractivity contribution >= 4 is 11.6 Å². The van der Waals surface area contributed by atoms with E-state index in [1.165, 1.54) is 5.56 Å². The fourth-order valence-electron chi connectivity index (χ4n) is 2.20. The Labute approximate surface area is 102 Å². The van der Waals surface area contributed by atoms with E-state index < -0.39 is 0 Å². The van der Waals surface area contributed by atoms with Crippen LogP contribution in [0.15, 0.2) is 24.3 Å². The van der Waals surface area contributed by atoms with Crippen molar-refractivity contribution in [2.45, 2.75) is 12.8 Å². The zero-order valence-corrected chi connectivity index (χ0v) is 10.2. The van der Waals surface area contributed by atoms with E-state index in [-0.39, 0.29) is 0 Å². The predicted octanol–water partition coefficient (Wildman–Crippen LogP) is 2.20. The Bertz CT molecular complexity index is 325. The van der Waals surface area contributed by atoms with Gasteiger partial charge in [-0.25, -0.2) is 0 Å². The molecular formula is C13H18ClNO. The topological polar surface area (TPSA) is 23.5 Å². The summed E-state index contributed by atoms with van der Waals surface area (Å²) < 4.78 is 0. The van der Waals surface area contributed by atoms with E-state index >= 15 is 0 Å². The average Bonchev–Trinajstić information content (AvgIpc) is 2.76. The number of hydrogen-bond donors (Lipinski definition) is 1. The van der Waals surface area contributed by atoms with Crippen LogP contribution >= 0.6 is 11.6 Å². The lowest BCUT2D eigenvalue weighted by Crippen LogP contribution is -2.24. The molecular weight excluding hydrogens is 222 g/mol. The summed E-state index contributed by atoms with van der Waals surface area (Å²) in [5, 5.41) is 9.85. The number of aliphatic hydroxyl groups excluding tert-OH is 1. The van der Waals surface area contributed by atoms with Gasteiger partial charge in [0, 0.05) is 24.7 Å². The molecule has 2 nitrogen and oxygen atoms in total. The maximum absolute atomic E-state index is 9.06. The second-order valence-electron chi connectivity index (χ2n) is 4.51. The van der Waals surface area contributed by atoms with Gasteiger partial charge < -0.3 is 10.0 Å². The number of rotatable bonds is 4. The van der Waals surface area contributed by atoms with Gasteiger partial charge in [-0.2, -0.15) is 0 Å². The van der Waals surface area contributed by atoms with Crippen LogP contribution in [0.3, 0.4) is 0 Å². The molecule has 1 unspecified atom stereocenters. The van der Waals surface area contributed by atoms with Crippen LogP contribution in [0.25, 0.3) is 0 Å². The maximum Gasteiger partial charge on any atom is 0.0471 e. The predicted molar refractivity (Wildman–Crippen MR) is 66.8 cm³/mol. The third-order valence-corrected chi connectivity index (χ3v) is 3.51. The average molecular weight is 240 g/mol. The largest absolute Gasteiger partial charge is 0.396 e. The van der Waals surface area contributed by atoms with E-state index in [0.29, 0.717) is 12.5 Å². The number of halogens is 1. The highest BCUT2D eigenvalue weighted by Gasteiger charge is 2.20. The number of aliphatic hydroxyl groups is 1. The summed E-state index contributed by atoms with van der Waals surface area (Å²) in [4.78, 5) is 2.43. The van der Waals surface area contributed by atoms with E-state index in [2.05, 4.69) is 17.0 Å². The second kappa shape index (κ2) is 5.67. The van der Waals surface area contributed by atoms with Crippen molar-refractivity contribution in [1.29, 1.82) is 0 Å². The van der Waals surface area contributed by atoms with Crippen molar-refractivity contribution in [3.63, 3.8) is 0 Å². The first-order chi connectivity index (χ1) is 7.78. The zero-order valence-electron chi connectivity index (χ0n) is 9.40. The molecule has 1 saturated heterocycles. The highest BCUT2D eigenvalue weighted by atomic mass is 35.5. The molecule has 0 spiro atoms. The SMILES string of the molecule is OCC1CCN(CCc2ccc(Cl)cc2)C1. The van der Waals surface area contributed by atoms with E-state index in [4.69, 9.17) is 16.7 Å². The van der Waals surface area contributed by atoms with Crippen molar-refractivity contribution in [3.05, 3.63) is 34.9 Å². The van der Waals surface area contributed by atoms with Gasteiger partial charge in [0.15, 0.2) is 0 Å². The lowest BCUT2D eigenvalue weighted by atomic mass is 10.1. The lowest BCUT2D eigenvalue weighted by molar-refractivity contribution is 0.222. The molecule has 88 valence electrons. The Morgan fingerprint density at radius 3 is 2.69 bits per heavy atom. The van der Waals surface area contributed by atoms with Crippen molar-refractivity contribution in [3.8, 4) is 0 Å². The van der Waals surface area contributed by atoms with Crippen LogP contribution < -0.4 is 0 Å². The van der Waals surface area contributed by atoms with Crippen LogP contribution in [-0.2, 0) is 6.42 Å². The first-order valence-electron chi connectivity index (χ1n) is 5.85. The minimum Gasteiger partial charge on any atom is -0.396 e. The Morgan fingerprint density at radius 1 is 1.31 bits per heavy atom. The van der Waals surface area contributed by atoms with Gasteiger partial charge in [-0.3, -0.25) is 0 Å². The summed E-state index contributed by atoms with van der Waals surface area (Å²) in [6.45, 7) is 3.58. The molecule has 0 aliphatic carbocycles. The fourth-order valence-corrected chi connectivity index (χ4v) is 2.33. The molecule has 1 aliphatic heterocycles. The molecule has 1 aromatic carbocycles. The highest BCUT2D eigenvalue weighted by Crippen LogP contribution is 2.16. The van der Waals surface area contributed by atoms with Crippen LogP contribution in [0.1, 0.15) is 12.0 Å². The second-order valence-corrected chi connectivity index (χ2v) is 4.95. The molecule has 1 aliphatic rings. The van der Waals surface area contributed by atoms with E-state index in [0.717, 1.165) is 37.5 Å². The normalized spacial score (nSPS) is 21.5. The Kier molecular flexibility index (Phi) is 4.22. The molecule has 16 heavy (non-hydrogen) atoms. The summed E-state index contributed by atoms with van der Waals surface area (Å²) in [6, 6.07) is 8.05. The van der Waals surface area contributed by atoms with Gasteiger partial charge in [0.25, 0.3) is 0 Å². The molecule has 1 atom stereocenters. The number of nitrogens with zero attached hydrogens (tertiary/aromatic N) is 1. The molecule has 0 bridgehead atoms. The van der Waals surface area contributed by atoms with Crippen LogP contribution in [0.4, 0.5) is 0 Å². The molecule has 1 aromatic rings. The maximum atomic E-state index is 9.06. The smallest absolute Gasteiger partial charge is 0.0471 e. The van der Waals surface area contributed by atoms with Crippen molar-refractivity contribution < 1.29 is 5.11 Å². The molecule has 0 aromatic heterocycles. The monoisotopic (exact) mass is 239 g/mol. The van der Waals surface area contributed by atoms with Gasteiger partial charge in [0.05, 0.1) is 0 Å². The number of benzene rings is 1. The molecule has 0 radical (unpaired) electrons. The first kappa shape index (κ1) is 11.9. The Hall–Kier alpha value is -0.570. The van der Waals surface area contributed by atoms with Gasteiger partial charge in [-0.15, -0.1) is 0 Å². The minimum absolute atomic E-state index is 0.331. The molecule has 2 rings (SSSR count). The zero-order chi connectivity index (χ0) is 11.4. The summed E-state index contributed by atoms with van der Waals surface area (Å²) in [5.41, 5.74) is 1.33. The van der Waals surface area contributed by atoms with Crippen LogP contribution in [-0.4, -0.2) is 36.2 Å². The van der Waals surface area contributed by atoms with E-state index in [9.17, 15) is 0 Å². The third kappa shape index (κ3) is 3.21. The number of hydrogen-bond acceptors (Lipinski definition) is 2. The summed E-state index contributed by atoms with van der Waals surface area (Å²) in [7, 11) is 0. The summed E-state index contributed by atoms with van der Waals surface area (Å²) >= 11 is 5.84. The molecule has 1 fully saturated rings.